The molecule has 0 aromatic carbocycles. The zero-order valence-electron chi connectivity index (χ0n) is 32.8. The number of hydrogen-bond acceptors (Lipinski definition) is 2. The molecule has 0 aromatic heterocycles. The molecule has 3 fully saturated rings. The van der Waals surface area contributed by atoms with E-state index in [2.05, 4.69) is 115 Å². The van der Waals surface area contributed by atoms with Gasteiger partial charge in [0.2, 0.25) is 0 Å². The van der Waals surface area contributed by atoms with Crippen LogP contribution in [-0.4, -0.2) is 28.3 Å². The fourth-order valence-corrected chi connectivity index (χ4v) is 13.2. The average molecular weight is 657 g/mol. The van der Waals surface area contributed by atoms with E-state index in [4.69, 9.17) is 8.85 Å². The van der Waals surface area contributed by atoms with Crippen molar-refractivity contribution in [3.63, 3.8) is 0 Å². The molecule has 0 bridgehead atoms. The lowest BCUT2D eigenvalue weighted by atomic mass is 9.50. The normalized spacial score (nSPS) is 33.6. The first-order valence-electron chi connectivity index (χ1n) is 19.3. The minimum absolute atomic E-state index is 0.0595. The standard InChI is InChI=1S/C41H76O2Si2/c1-16-41(17-2,43-45(14,15)38(7,8)9)26-18-19-30(3)34-22-23-35-33-21-20-31-29-32(42-44(12,13)37(4,5)6)24-27-39(31,10)36(33)25-28-40(34,35)11/h20-21,30,32,34-36H,16-19,22-29H2,1-15H3/t30-,32-,34+,35-,36-,39-,40+/m0/s1. The summed E-state index contributed by atoms with van der Waals surface area (Å²) in [6.45, 7) is 36.7. The van der Waals surface area contributed by atoms with Gasteiger partial charge in [-0.05, 0) is 135 Å². The van der Waals surface area contributed by atoms with Crippen LogP contribution in [0.15, 0.2) is 23.3 Å². The van der Waals surface area contributed by atoms with E-state index >= 15 is 0 Å². The number of hydrogen-bond donors (Lipinski definition) is 0. The summed E-state index contributed by atoms with van der Waals surface area (Å²) in [6, 6.07) is 0. The van der Waals surface area contributed by atoms with Gasteiger partial charge in [0.25, 0.3) is 0 Å². The third kappa shape index (κ3) is 7.12. The monoisotopic (exact) mass is 657 g/mol. The van der Waals surface area contributed by atoms with E-state index in [1.165, 1.54) is 57.8 Å². The minimum Gasteiger partial charge on any atom is -0.414 e. The van der Waals surface area contributed by atoms with E-state index in [-0.39, 0.29) is 15.7 Å². The molecule has 0 spiro atoms. The topological polar surface area (TPSA) is 18.5 Å². The molecule has 7 atom stereocenters. The molecule has 0 radical (unpaired) electrons. The Morgan fingerprint density at radius 1 is 0.822 bits per heavy atom. The van der Waals surface area contributed by atoms with Crippen molar-refractivity contribution in [3.05, 3.63) is 23.3 Å². The average Bonchev–Trinajstić information content (AvgIpc) is 3.28. The molecule has 0 unspecified atom stereocenters. The van der Waals surface area contributed by atoms with Crippen molar-refractivity contribution in [2.75, 3.05) is 0 Å². The van der Waals surface area contributed by atoms with Crippen molar-refractivity contribution in [1.29, 1.82) is 0 Å². The summed E-state index contributed by atoms with van der Waals surface area (Å²) in [7, 11) is -3.54. The molecule has 0 heterocycles. The van der Waals surface area contributed by atoms with E-state index in [0.29, 0.717) is 16.9 Å². The first kappa shape index (κ1) is 37.6. The molecule has 4 heteroatoms. The fraction of sp³-hybridized carbons (Fsp3) is 0.902. The highest BCUT2D eigenvalue weighted by Gasteiger charge is 2.57. The second-order valence-electron chi connectivity index (χ2n) is 20.0. The largest absolute Gasteiger partial charge is 0.414 e. The van der Waals surface area contributed by atoms with E-state index in [1.807, 2.05) is 5.57 Å². The summed E-state index contributed by atoms with van der Waals surface area (Å²) in [5, 5.41) is 0.542. The van der Waals surface area contributed by atoms with Gasteiger partial charge in [-0.1, -0.05) is 112 Å². The highest BCUT2D eigenvalue weighted by atomic mass is 28.4. The Bertz CT molecular complexity index is 1100. The SMILES string of the molecule is CCC(CC)(CCC[C@H](C)[C@H]1CC[C@H]2C3=CC=C4C[C@@H](O[Si](C)(C)C(C)(C)C)CC[C@]4(C)[C@H]3CC[C@]12C)O[Si](C)(C)C(C)(C)C. The molecule has 2 nitrogen and oxygen atoms in total. The number of allylic oxidation sites excluding steroid dienone is 3. The van der Waals surface area contributed by atoms with Crippen molar-refractivity contribution in [2.24, 2.45) is 34.5 Å². The summed E-state index contributed by atoms with van der Waals surface area (Å²) in [6.07, 6.45) is 21.1. The predicted molar refractivity (Wildman–Crippen MR) is 202 cm³/mol. The van der Waals surface area contributed by atoms with Gasteiger partial charge in [0.05, 0.1) is 5.60 Å². The highest BCUT2D eigenvalue weighted by Crippen LogP contribution is 2.66. The van der Waals surface area contributed by atoms with Crippen LogP contribution in [0.2, 0.25) is 36.3 Å². The maximum atomic E-state index is 7.18. The van der Waals surface area contributed by atoms with Crippen molar-refractivity contribution in [1.82, 2.24) is 0 Å². The Kier molecular flexibility index (Phi) is 10.8. The zero-order valence-corrected chi connectivity index (χ0v) is 34.8. The van der Waals surface area contributed by atoms with Crippen LogP contribution in [0.3, 0.4) is 0 Å². The second-order valence-corrected chi connectivity index (χ2v) is 29.5. The van der Waals surface area contributed by atoms with Crippen LogP contribution in [0.4, 0.5) is 0 Å². The molecule has 0 aromatic rings. The van der Waals surface area contributed by atoms with Crippen LogP contribution in [0, 0.1) is 34.5 Å². The van der Waals surface area contributed by atoms with Crippen LogP contribution in [0.5, 0.6) is 0 Å². The summed E-state index contributed by atoms with van der Waals surface area (Å²) in [5.41, 5.74) is 4.41. The van der Waals surface area contributed by atoms with Crippen LogP contribution in [0.25, 0.3) is 0 Å². The van der Waals surface area contributed by atoms with Gasteiger partial charge in [0.15, 0.2) is 16.6 Å². The lowest BCUT2D eigenvalue weighted by Crippen LogP contribution is -2.49. The molecule has 4 aliphatic rings. The summed E-state index contributed by atoms with van der Waals surface area (Å²) < 4.78 is 14.2. The van der Waals surface area contributed by atoms with E-state index < -0.39 is 16.6 Å². The van der Waals surface area contributed by atoms with Gasteiger partial charge < -0.3 is 8.85 Å². The van der Waals surface area contributed by atoms with Gasteiger partial charge in [-0.2, -0.15) is 0 Å². The minimum atomic E-state index is -1.79. The van der Waals surface area contributed by atoms with Gasteiger partial charge >= 0.3 is 0 Å². The van der Waals surface area contributed by atoms with Crippen LogP contribution in [-0.2, 0) is 8.85 Å². The van der Waals surface area contributed by atoms with Gasteiger partial charge in [-0.25, -0.2) is 0 Å². The summed E-state index contributed by atoms with van der Waals surface area (Å²) in [5.74, 6) is 3.19. The number of fused-ring (bicyclic) bond motifs is 5. The Labute approximate surface area is 283 Å². The van der Waals surface area contributed by atoms with Gasteiger partial charge in [0, 0.05) is 6.10 Å². The second kappa shape index (κ2) is 12.9. The molecule has 260 valence electrons. The Balaban J connectivity index is 1.43. The summed E-state index contributed by atoms with van der Waals surface area (Å²) in [4.78, 5) is 0. The van der Waals surface area contributed by atoms with Crippen LogP contribution < -0.4 is 0 Å². The summed E-state index contributed by atoms with van der Waals surface area (Å²) >= 11 is 0. The lowest BCUT2D eigenvalue weighted by molar-refractivity contribution is 0.0234. The third-order valence-corrected chi connectivity index (χ3v) is 24.5. The van der Waals surface area contributed by atoms with E-state index in [1.54, 1.807) is 5.57 Å². The Morgan fingerprint density at radius 2 is 1.44 bits per heavy atom. The Morgan fingerprint density at radius 3 is 2.02 bits per heavy atom. The molecule has 0 amide bonds. The van der Waals surface area contributed by atoms with E-state index in [0.717, 1.165) is 42.9 Å². The molecular weight excluding hydrogens is 581 g/mol. The van der Waals surface area contributed by atoms with Gasteiger partial charge in [-0.15, -0.1) is 0 Å². The molecule has 4 aliphatic carbocycles. The van der Waals surface area contributed by atoms with Crippen molar-refractivity contribution < 1.29 is 8.85 Å². The first-order valence-corrected chi connectivity index (χ1v) is 25.2. The van der Waals surface area contributed by atoms with Gasteiger partial charge in [0.1, 0.15) is 0 Å². The van der Waals surface area contributed by atoms with Crippen molar-refractivity contribution in [3.8, 4) is 0 Å². The maximum absolute atomic E-state index is 7.18. The quantitative estimate of drug-likeness (QED) is 0.206. The Hall–Kier alpha value is -0.166. The molecule has 0 N–H and O–H groups in total. The lowest BCUT2D eigenvalue weighted by Gasteiger charge is -2.56. The smallest absolute Gasteiger partial charge is 0.192 e. The third-order valence-electron chi connectivity index (χ3n) is 15.4. The maximum Gasteiger partial charge on any atom is 0.192 e. The van der Waals surface area contributed by atoms with Crippen LogP contribution in [0.1, 0.15) is 153 Å². The zero-order chi connectivity index (χ0) is 33.9. The molecular formula is C41H76O2Si2. The van der Waals surface area contributed by atoms with Crippen molar-refractivity contribution in [2.45, 2.75) is 201 Å². The number of rotatable bonds is 11. The molecule has 4 rings (SSSR count). The highest BCUT2D eigenvalue weighted by molar-refractivity contribution is 6.74. The molecule has 3 saturated carbocycles. The van der Waals surface area contributed by atoms with Gasteiger partial charge in [-0.3, -0.25) is 0 Å². The van der Waals surface area contributed by atoms with Crippen molar-refractivity contribution >= 4 is 16.6 Å². The molecule has 0 saturated heterocycles. The predicted octanol–water partition coefficient (Wildman–Crippen LogP) is 13.3. The van der Waals surface area contributed by atoms with E-state index in [9.17, 15) is 0 Å². The molecule has 45 heavy (non-hydrogen) atoms. The first-order chi connectivity index (χ1) is 20.6. The molecule has 0 aliphatic heterocycles. The van der Waals surface area contributed by atoms with Crippen LogP contribution >= 0.6 is 0 Å². The fourth-order valence-electron chi connectivity index (χ4n) is 10.1.